The number of methoxy groups -OCH3 is 1. The van der Waals surface area contributed by atoms with Gasteiger partial charge >= 0.3 is 0 Å². The van der Waals surface area contributed by atoms with Crippen LogP contribution >= 0.6 is 0 Å². The lowest BCUT2D eigenvalue weighted by Crippen LogP contribution is -2.34. The Morgan fingerprint density at radius 2 is 2.22 bits per heavy atom. The Morgan fingerprint density at radius 1 is 1.50 bits per heavy atom. The van der Waals surface area contributed by atoms with Crippen LogP contribution in [0.5, 0.6) is 5.75 Å². The molecule has 1 amide bonds. The summed E-state index contributed by atoms with van der Waals surface area (Å²) < 4.78 is 5.24. The molecule has 2 atom stereocenters. The van der Waals surface area contributed by atoms with E-state index in [0.29, 0.717) is 23.8 Å². The highest BCUT2D eigenvalue weighted by atomic mass is 16.5. The molecule has 4 nitrogen and oxygen atoms in total. The summed E-state index contributed by atoms with van der Waals surface area (Å²) in [6.07, 6.45) is 0.984. The molecule has 0 aliphatic carbocycles. The zero-order chi connectivity index (χ0) is 13.1. The van der Waals surface area contributed by atoms with Crippen molar-refractivity contribution in [3.63, 3.8) is 0 Å². The quantitative estimate of drug-likeness (QED) is 0.882. The second-order valence-electron chi connectivity index (χ2n) is 4.84. The molecule has 0 saturated carbocycles. The second kappa shape index (κ2) is 5.40. The lowest BCUT2D eigenvalue weighted by atomic mass is 10.1. The maximum atomic E-state index is 12.5. The van der Waals surface area contributed by atoms with E-state index < -0.39 is 0 Å². The van der Waals surface area contributed by atoms with E-state index in [1.807, 2.05) is 29.2 Å². The van der Waals surface area contributed by atoms with Crippen molar-refractivity contribution in [1.29, 1.82) is 0 Å². The lowest BCUT2D eigenvalue weighted by Gasteiger charge is -2.22. The van der Waals surface area contributed by atoms with Gasteiger partial charge in [-0.1, -0.05) is 12.1 Å². The SMILES string of the molecule is COc1ccccc1C(=O)N1CC(CN)CC1C. The van der Waals surface area contributed by atoms with Gasteiger partial charge in [-0.15, -0.1) is 0 Å². The maximum absolute atomic E-state index is 12.5. The van der Waals surface area contributed by atoms with Gasteiger partial charge in [-0.25, -0.2) is 0 Å². The van der Waals surface area contributed by atoms with E-state index in [-0.39, 0.29) is 11.9 Å². The average molecular weight is 248 g/mol. The Balaban J connectivity index is 2.21. The molecule has 1 fully saturated rings. The number of hydrogen-bond acceptors (Lipinski definition) is 3. The van der Waals surface area contributed by atoms with Crippen molar-refractivity contribution in [2.24, 2.45) is 11.7 Å². The van der Waals surface area contributed by atoms with Crippen LogP contribution < -0.4 is 10.5 Å². The molecule has 2 unspecified atom stereocenters. The van der Waals surface area contributed by atoms with Crippen LogP contribution in [0.1, 0.15) is 23.7 Å². The van der Waals surface area contributed by atoms with Gasteiger partial charge in [0.15, 0.2) is 0 Å². The normalized spacial score (nSPS) is 23.2. The molecule has 1 aliphatic rings. The number of likely N-dealkylation sites (tertiary alicyclic amines) is 1. The molecule has 4 heteroatoms. The Hall–Kier alpha value is -1.55. The zero-order valence-corrected chi connectivity index (χ0v) is 10.9. The van der Waals surface area contributed by atoms with Crippen LogP contribution in [0.25, 0.3) is 0 Å². The van der Waals surface area contributed by atoms with Gasteiger partial charge < -0.3 is 15.4 Å². The van der Waals surface area contributed by atoms with E-state index >= 15 is 0 Å². The molecule has 1 aromatic rings. The number of nitrogens with two attached hydrogens (primary N) is 1. The van der Waals surface area contributed by atoms with Crippen LogP contribution in [0.4, 0.5) is 0 Å². The molecule has 1 aliphatic heterocycles. The third kappa shape index (κ3) is 2.34. The Morgan fingerprint density at radius 3 is 2.83 bits per heavy atom. The van der Waals surface area contributed by atoms with E-state index in [1.165, 1.54) is 0 Å². The van der Waals surface area contributed by atoms with Gasteiger partial charge in [0.1, 0.15) is 5.75 Å². The summed E-state index contributed by atoms with van der Waals surface area (Å²) in [7, 11) is 1.59. The van der Waals surface area contributed by atoms with E-state index in [9.17, 15) is 4.79 Å². The molecule has 18 heavy (non-hydrogen) atoms. The number of rotatable bonds is 3. The van der Waals surface area contributed by atoms with Crippen molar-refractivity contribution in [1.82, 2.24) is 4.90 Å². The Labute approximate surface area is 108 Å². The van der Waals surface area contributed by atoms with Gasteiger partial charge in [0.25, 0.3) is 5.91 Å². The van der Waals surface area contributed by atoms with Gasteiger partial charge in [-0.2, -0.15) is 0 Å². The summed E-state index contributed by atoms with van der Waals surface area (Å²) >= 11 is 0. The van der Waals surface area contributed by atoms with Crippen LogP contribution in [0.3, 0.4) is 0 Å². The van der Waals surface area contributed by atoms with Gasteiger partial charge in [0.2, 0.25) is 0 Å². The summed E-state index contributed by atoms with van der Waals surface area (Å²) in [6, 6.07) is 7.59. The predicted molar refractivity (Wildman–Crippen MR) is 70.7 cm³/mol. The minimum absolute atomic E-state index is 0.0379. The van der Waals surface area contributed by atoms with Crippen molar-refractivity contribution >= 4 is 5.91 Å². The highest BCUT2D eigenvalue weighted by Crippen LogP contribution is 2.27. The van der Waals surface area contributed by atoms with Crippen molar-refractivity contribution < 1.29 is 9.53 Å². The van der Waals surface area contributed by atoms with Crippen molar-refractivity contribution in [3.8, 4) is 5.75 Å². The fraction of sp³-hybridized carbons (Fsp3) is 0.500. The fourth-order valence-electron chi connectivity index (χ4n) is 2.57. The van der Waals surface area contributed by atoms with Crippen molar-refractivity contribution in [2.75, 3.05) is 20.2 Å². The molecule has 0 radical (unpaired) electrons. The topological polar surface area (TPSA) is 55.6 Å². The summed E-state index contributed by atoms with van der Waals surface area (Å²) in [4.78, 5) is 14.4. The fourth-order valence-corrected chi connectivity index (χ4v) is 2.57. The lowest BCUT2D eigenvalue weighted by molar-refractivity contribution is 0.0740. The minimum atomic E-state index is 0.0379. The summed E-state index contributed by atoms with van der Waals surface area (Å²) in [5, 5.41) is 0. The molecule has 98 valence electrons. The van der Waals surface area contributed by atoms with Crippen LogP contribution in [-0.2, 0) is 0 Å². The molecule has 0 spiro atoms. The third-order valence-electron chi connectivity index (χ3n) is 3.59. The smallest absolute Gasteiger partial charge is 0.257 e. The van der Waals surface area contributed by atoms with Crippen molar-refractivity contribution in [3.05, 3.63) is 29.8 Å². The second-order valence-corrected chi connectivity index (χ2v) is 4.84. The molecule has 1 heterocycles. The Bertz CT molecular complexity index is 434. The van der Waals surface area contributed by atoms with E-state index in [0.717, 1.165) is 13.0 Å². The van der Waals surface area contributed by atoms with Gasteiger partial charge in [-0.05, 0) is 37.9 Å². The van der Waals surface area contributed by atoms with Crippen LogP contribution in [0, 0.1) is 5.92 Å². The number of ether oxygens (including phenoxy) is 1. The van der Waals surface area contributed by atoms with Gasteiger partial charge in [-0.3, -0.25) is 4.79 Å². The van der Waals surface area contributed by atoms with Gasteiger partial charge in [0.05, 0.1) is 12.7 Å². The van der Waals surface area contributed by atoms with E-state index in [2.05, 4.69) is 6.92 Å². The monoisotopic (exact) mass is 248 g/mol. The first kappa shape index (κ1) is 12.9. The van der Waals surface area contributed by atoms with Crippen molar-refractivity contribution in [2.45, 2.75) is 19.4 Å². The van der Waals surface area contributed by atoms with Gasteiger partial charge in [0, 0.05) is 12.6 Å². The molecule has 2 rings (SSSR count). The number of nitrogens with zero attached hydrogens (tertiary/aromatic N) is 1. The minimum Gasteiger partial charge on any atom is -0.496 e. The number of carbonyl (C=O) groups excluding carboxylic acids is 1. The predicted octanol–water partition coefficient (Wildman–Crippen LogP) is 1.50. The molecular weight excluding hydrogens is 228 g/mol. The molecular formula is C14H20N2O2. The number of amides is 1. The summed E-state index contributed by atoms with van der Waals surface area (Å²) in [6.45, 7) is 3.46. The number of hydrogen-bond donors (Lipinski definition) is 1. The van der Waals surface area contributed by atoms with Crippen LogP contribution in [0.2, 0.25) is 0 Å². The number of carbonyl (C=O) groups is 1. The third-order valence-corrected chi connectivity index (χ3v) is 3.59. The summed E-state index contributed by atoms with van der Waals surface area (Å²) in [5.74, 6) is 1.08. The van der Waals surface area contributed by atoms with Crippen LogP contribution in [0.15, 0.2) is 24.3 Å². The Kier molecular flexibility index (Phi) is 3.87. The number of benzene rings is 1. The first-order valence-corrected chi connectivity index (χ1v) is 6.31. The molecule has 1 aromatic carbocycles. The van der Waals surface area contributed by atoms with Crippen LogP contribution in [-0.4, -0.2) is 37.0 Å². The largest absolute Gasteiger partial charge is 0.496 e. The first-order valence-electron chi connectivity index (χ1n) is 6.31. The average Bonchev–Trinajstić information content (AvgIpc) is 2.79. The molecule has 0 bridgehead atoms. The molecule has 1 saturated heterocycles. The summed E-state index contributed by atoms with van der Waals surface area (Å²) in [5.41, 5.74) is 6.32. The number of para-hydroxylation sites is 1. The first-order chi connectivity index (χ1) is 8.67. The zero-order valence-electron chi connectivity index (χ0n) is 10.9. The molecule has 0 aromatic heterocycles. The van der Waals surface area contributed by atoms with E-state index in [4.69, 9.17) is 10.5 Å². The van der Waals surface area contributed by atoms with E-state index in [1.54, 1.807) is 7.11 Å². The standard InChI is InChI=1S/C14H20N2O2/c1-10-7-11(8-15)9-16(10)14(17)12-5-3-4-6-13(12)18-2/h3-6,10-11H,7-9,15H2,1-2H3. The molecule has 2 N–H and O–H groups in total. The highest BCUT2D eigenvalue weighted by Gasteiger charge is 2.32. The maximum Gasteiger partial charge on any atom is 0.257 e. The highest BCUT2D eigenvalue weighted by molar-refractivity contribution is 5.97.